The predicted octanol–water partition coefficient (Wildman–Crippen LogP) is -0.0474. The minimum atomic E-state index is -0.854. The second-order valence-electron chi connectivity index (χ2n) is 3.92. The standard InChI is InChI=1S/C9H16ClN3O3/c1-9(2,7(11)15)5-12-8(16)13-6(14)3-4-10/h3-5H2,1-2H3,(H2,11,15)(H2,12,13,14,16). The maximum Gasteiger partial charge on any atom is 0.321 e. The number of halogens is 1. The Morgan fingerprint density at radius 2 is 1.88 bits per heavy atom. The Bertz CT molecular complexity index is 292. The third kappa shape index (κ3) is 5.55. The van der Waals surface area contributed by atoms with Crippen molar-refractivity contribution in [1.82, 2.24) is 10.6 Å². The van der Waals surface area contributed by atoms with Gasteiger partial charge < -0.3 is 11.1 Å². The molecule has 0 spiro atoms. The van der Waals surface area contributed by atoms with E-state index in [1.165, 1.54) is 0 Å². The van der Waals surface area contributed by atoms with Gasteiger partial charge in [0.05, 0.1) is 5.41 Å². The Labute approximate surface area is 98.9 Å². The van der Waals surface area contributed by atoms with Gasteiger partial charge >= 0.3 is 6.03 Å². The van der Waals surface area contributed by atoms with E-state index in [9.17, 15) is 14.4 Å². The summed E-state index contributed by atoms with van der Waals surface area (Å²) in [5.41, 5.74) is 4.26. The molecule has 0 bridgehead atoms. The van der Waals surface area contributed by atoms with Crippen LogP contribution in [-0.2, 0) is 9.59 Å². The lowest BCUT2D eigenvalue weighted by atomic mass is 9.93. The summed E-state index contributed by atoms with van der Waals surface area (Å²) in [4.78, 5) is 33.0. The summed E-state index contributed by atoms with van der Waals surface area (Å²) in [5, 5.41) is 4.45. The first-order chi connectivity index (χ1) is 7.29. The number of nitrogens with two attached hydrogens (primary N) is 1. The summed E-state index contributed by atoms with van der Waals surface area (Å²) in [5.74, 6) is -0.851. The van der Waals surface area contributed by atoms with E-state index in [1.807, 2.05) is 0 Å². The molecule has 92 valence electrons. The van der Waals surface area contributed by atoms with Gasteiger partial charge in [0.25, 0.3) is 0 Å². The molecule has 0 aromatic rings. The van der Waals surface area contributed by atoms with E-state index in [0.29, 0.717) is 0 Å². The van der Waals surface area contributed by atoms with Crippen molar-refractivity contribution in [2.75, 3.05) is 12.4 Å². The van der Waals surface area contributed by atoms with Crippen LogP contribution in [0.2, 0.25) is 0 Å². The number of carbonyl (C=O) groups is 3. The molecule has 16 heavy (non-hydrogen) atoms. The molecule has 0 saturated carbocycles. The van der Waals surface area contributed by atoms with E-state index in [1.54, 1.807) is 13.8 Å². The van der Waals surface area contributed by atoms with E-state index >= 15 is 0 Å². The van der Waals surface area contributed by atoms with Gasteiger partial charge in [-0.2, -0.15) is 0 Å². The van der Waals surface area contributed by atoms with E-state index in [2.05, 4.69) is 10.6 Å². The molecule has 0 atom stereocenters. The zero-order valence-electron chi connectivity index (χ0n) is 9.30. The summed E-state index contributed by atoms with van der Waals surface area (Å²) in [6.07, 6.45) is 0.0637. The molecule has 0 heterocycles. The summed E-state index contributed by atoms with van der Waals surface area (Å²) in [6.45, 7) is 3.24. The van der Waals surface area contributed by atoms with Gasteiger partial charge in [0.15, 0.2) is 0 Å². The van der Waals surface area contributed by atoms with Gasteiger partial charge in [-0.15, -0.1) is 11.6 Å². The SMILES string of the molecule is CC(C)(CNC(=O)NC(=O)CCCl)C(N)=O. The Hall–Kier alpha value is -1.30. The second kappa shape index (κ2) is 6.32. The zero-order valence-corrected chi connectivity index (χ0v) is 10.1. The van der Waals surface area contributed by atoms with Gasteiger partial charge in [-0.25, -0.2) is 4.79 Å². The quantitative estimate of drug-likeness (QED) is 0.596. The Morgan fingerprint density at radius 3 is 2.31 bits per heavy atom. The fourth-order valence-electron chi connectivity index (χ4n) is 0.708. The molecule has 0 fully saturated rings. The van der Waals surface area contributed by atoms with E-state index in [0.717, 1.165) is 0 Å². The number of hydrogen-bond acceptors (Lipinski definition) is 3. The Kier molecular flexibility index (Phi) is 5.81. The molecule has 0 aliphatic carbocycles. The van der Waals surface area contributed by atoms with E-state index in [-0.39, 0.29) is 18.8 Å². The second-order valence-corrected chi connectivity index (χ2v) is 4.30. The molecule has 0 aromatic heterocycles. The number of amides is 4. The third-order valence-corrected chi connectivity index (χ3v) is 2.12. The molecule has 6 nitrogen and oxygen atoms in total. The average Bonchev–Trinajstić information content (AvgIpc) is 2.15. The van der Waals surface area contributed by atoms with Crippen LogP contribution in [0.5, 0.6) is 0 Å². The highest BCUT2D eigenvalue weighted by Crippen LogP contribution is 2.11. The lowest BCUT2D eigenvalue weighted by molar-refractivity contribution is -0.125. The Balaban J connectivity index is 3.99. The first-order valence-corrected chi connectivity index (χ1v) is 5.26. The topological polar surface area (TPSA) is 101 Å². The van der Waals surface area contributed by atoms with Crippen molar-refractivity contribution >= 4 is 29.4 Å². The van der Waals surface area contributed by atoms with Gasteiger partial charge in [-0.1, -0.05) is 0 Å². The molecule has 0 radical (unpaired) electrons. The first kappa shape index (κ1) is 14.7. The normalized spacial score (nSPS) is 10.7. The van der Waals surface area contributed by atoms with Crippen LogP contribution in [0.15, 0.2) is 0 Å². The van der Waals surface area contributed by atoms with Crippen molar-refractivity contribution in [3.8, 4) is 0 Å². The molecule has 0 aliphatic heterocycles. The number of rotatable bonds is 5. The number of carbonyl (C=O) groups excluding carboxylic acids is 3. The molecule has 0 unspecified atom stereocenters. The number of alkyl halides is 1. The molecule has 7 heteroatoms. The van der Waals surface area contributed by atoms with E-state index in [4.69, 9.17) is 17.3 Å². The van der Waals surface area contributed by atoms with Crippen LogP contribution in [0.3, 0.4) is 0 Å². The minimum Gasteiger partial charge on any atom is -0.369 e. The number of imide groups is 1. The summed E-state index contributed by atoms with van der Waals surface area (Å²) in [7, 11) is 0. The first-order valence-electron chi connectivity index (χ1n) is 4.73. The number of nitrogens with one attached hydrogen (secondary N) is 2. The van der Waals surface area contributed by atoms with Crippen LogP contribution < -0.4 is 16.4 Å². The third-order valence-electron chi connectivity index (χ3n) is 1.93. The molecule has 0 rings (SSSR count). The van der Waals surface area contributed by atoms with Crippen LogP contribution >= 0.6 is 11.6 Å². The Morgan fingerprint density at radius 1 is 1.31 bits per heavy atom. The number of hydrogen-bond donors (Lipinski definition) is 3. The lowest BCUT2D eigenvalue weighted by Crippen LogP contribution is -2.47. The fraction of sp³-hybridized carbons (Fsp3) is 0.667. The fourth-order valence-corrected chi connectivity index (χ4v) is 0.879. The van der Waals surface area contributed by atoms with Crippen LogP contribution in [0.25, 0.3) is 0 Å². The highest BCUT2D eigenvalue weighted by Gasteiger charge is 2.25. The van der Waals surface area contributed by atoms with E-state index < -0.39 is 23.3 Å². The van der Waals surface area contributed by atoms with Crippen LogP contribution in [0, 0.1) is 5.41 Å². The maximum absolute atomic E-state index is 11.2. The molecule has 0 aliphatic rings. The van der Waals surface area contributed by atoms with Gasteiger partial charge in [0, 0.05) is 18.8 Å². The van der Waals surface area contributed by atoms with Gasteiger partial charge in [-0.3, -0.25) is 14.9 Å². The average molecular weight is 250 g/mol. The highest BCUT2D eigenvalue weighted by molar-refractivity contribution is 6.19. The molecule has 4 amide bonds. The molecule has 0 aromatic carbocycles. The van der Waals surface area contributed by atoms with Gasteiger partial charge in [0.2, 0.25) is 11.8 Å². The lowest BCUT2D eigenvalue weighted by Gasteiger charge is -2.20. The monoisotopic (exact) mass is 249 g/mol. The summed E-state index contributed by atoms with van der Waals surface area (Å²) in [6, 6.07) is -0.663. The van der Waals surface area contributed by atoms with Crippen LogP contribution in [-0.4, -0.2) is 30.3 Å². The number of urea groups is 1. The molecule has 0 saturated heterocycles. The smallest absolute Gasteiger partial charge is 0.321 e. The van der Waals surface area contributed by atoms with Gasteiger partial charge in [-0.05, 0) is 13.8 Å². The summed E-state index contributed by atoms with van der Waals surface area (Å²) < 4.78 is 0. The largest absolute Gasteiger partial charge is 0.369 e. The summed E-state index contributed by atoms with van der Waals surface area (Å²) >= 11 is 5.32. The van der Waals surface area contributed by atoms with Crippen molar-refractivity contribution in [2.24, 2.45) is 11.1 Å². The highest BCUT2D eigenvalue weighted by atomic mass is 35.5. The van der Waals surface area contributed by atoms with Crippen LogP contribution in [0.4, 0.5) is 4.79 Å². The molecular formula is C9H16ClN3O3. The van der Waals surface area contributed by atoms with Crippen molar-refractivity contribution < 1.29 is 14.4 Å². The van der Waals surface area contributed by atoms with Crippen molar-refractivity contribution in [3.63, 3.8) is 0 Å². The maximum atomic E-state index is 11.2. The molecular weight excluding hydrogens is 234 g/mol. The van der Waals surface area contributed by atoms with Gasteiger partial charge in [0.1, 0.15) is 0 Å². The molecule has 4 N–H and O–H groups in total. The van der Waals surface area contributed by atoms with Crippen molar-refractivity contribution in [3.05, 3.63) is 0 Å². The zero-order chi connectivity index (χ0) is 12.8. The van der Waals surface area contributed by atoms with Crippen molar-refractivity contribution in [2.45, 2.75) is 20.3 Å². The minimum absolute atomic E-state index is 0.0579. The number of primary amides is 1. The van der Waals surface area contributed by atoms with Crippen molar-refractivity contribution in [1.29, 1.82) is 0 Å². The predicted molar refractivity (Wildman–Crippen MR) is 59.9 cm³/mol. The van der Waals surface area contributed by atoms with Crippen LogP contribution in [0.1, 0.15) is 20.3 Å².